The van der Waals surface area contributed by atoms with Crippen molar-refractivity contribution in [3.05, 3.63) is 47.0 Å². The van der Waals surface area contributed by atoms with Gasteiger partial charge in [-0.3, -0.25) is 4.79 Å². The van der Waals surface area contributed by atoms with Gasteiger partial charge >= 0.3 is 0 Å². The van der Waals surface area contributed by atoms with Crippen molar-refractivity contribution < 1.29 is 23.7 Å². The predicted molar refractivity (Wildman–Crippen MR) is 88.0 cm³/mol. The van der Waals surface area contributed by atoms with Crippen LogP contribution in [0.1, 0.15) is 21.5 Å². The van der Waals surface area contributed by atoms with E-state index in [-0.39, 0.29) is 12.7 Å². The topological polar surface area (TPSA) is 66.0 Å². The van der Waals surface area contributed by atoms with E-state index >= 15 is 0 Å². The number of nitrogens with one attached hydrogen (secondary N) is 1. The molecule has 0 atom stereocenters. The molecule has 0 saturated heterocycles. The second kappa shape index (κ2) is 6.70. The summed E-state index contributed by atoms with van der Waals surface area (Å²) in [6, 6.07) is 9.07. The number of aryl methyl sites for hydroxylation is 1. The van der Waals surface area contributed by atoms with Crippen LogP contribution in [0.4, 0.5) is 0 Å². The number of hydrogen-bond acceptors (Lipinski definition) is 5. The molecule has 0 radical (unpaired) electrons. The summed E-state index contributed by atoms with van der Waals surface area (Å²) in [4.78, 5) is 12.5. The van der Waals surface area contributed by atoms with E-state index in [0.29, 0.717) is 29.4 Å². The molecule has 2 aromatic rings. The largest absolute Gasteiger partial charge is 0.493 e. The SMILES string of the molecule is COc1cc(C)c(C(=O)NCc2ccc3c(c2)OCO3)cc1OC. The molecule has 1 aliphatic heterocycles. The van der Waals surface area contributed by atoms with E-state index in [4.69, 9.17) is 18.9 Å². The van der Waals surface area contributed by atoms with E-state index in [2.05, 4.69) is 5.32 Å². The lowest BCUT2D eigenvalue weighted by Crippen LogP contribution is -2.23. The van der Waals surface area contributed by atoms with Crippen LogP contribution in [0, 0.1) is 6.92 Å². The molecule has 0 spiro atoms. The highest BCUT2D eigenvalue weighted by Crippen LogP contribution is 2.33. The molecule has 0 unspecified atom stereocenters. The summed E-state index contributed by atoms with van der Waals surface area (Å²) in [6.07, 6.45) is 0. The van der Waals surface area contributed by atoms with Crippen molar-refractivity contribution in [2.24, 2.45) is 0 Å². The average molecular weight is 329 g/mol. The second-order valence-electron chi connectivity index (χ2n) is 5.39. The lowest BCUT2D eigenvalue weighted by atomic mass is 10.1. The van der Waals surface area contributed by atoms with Gasteiger partial charge in [0, 0.05) is 12.1 Å². The summed E-state index contributed by atoms with van der Waals surface area (Å²) >= 11 is 0. The maximum Gasteiger partial charge on any atom is 0.251 e. The molecule has 0 bridgehead atoms. The van der Waals surface area contributed by atoms with Crippen molar-refractivity contribution in [3.8, 4) is 23.0 Å². The zero-order chi connectivity index (χ0) is 17.1. The zero-order valence-electron chi connectivity index (χ0n) is 13.8. The number of carbonyl (C=O) groups excluding carboxylic acids is 1. The summed E-state index contributed by atoms with van der Waals surface area (Å²) in [5.74, 6) is 2.37. The third kappa shape index (κ3) is 3.08. The van der Waals surface area contributed by atoms with Gasteiger partial charge in [-0.05, 0) is 42.3 Å². The molecule has 1 heterocycles. The second-order valence-corrected chi connectivity index (χ2v) is 5.39. The predicted octanol–water partition coefficient (Wildman–Crippen LogP) is 2.67. The van der Waals surface area contributed by atoms with Gasteiger partial charge in [0.2, 0.25) is 6.79 Å². The van der Waals surface area contributed by atoms with Crippen LogP contribution in [0.3, 0.4) is 0 Å². The molecule has 0 fully saturated rings. The Morgan fingerprint density at radius 1 is 1.08 bits per heavy atom. The van der Waals surface area contributed by atoms with Crippen LogP contribution in [0.25, 0.3) is 0 Å². The van der Waals surface area contributed by atoms with Gasteiger partial charge in [-0.25, -0.2) is 0 Å². The van der Waals surface area contributed by atoms with E-state index in [1.807, 2.05) is 25.1 Å². The molecule has 0 aliphatic carbocycles. The van der Waals surface area contributed by atoms with Crippen molar-refractivity contribution in [1.29, 1.82) is 0 Å². The van der Waals surface area contributed by atoms with Gasteiger partial charge in [-0.2, -0.15) is 0 Å². The number of hydrogen-bond donors (Lipinski definition) is 1. The quantitative estimate of drug-likeness (QED) is 0.913. The van der Waals surface area contributed by atoms with Crippen LogP contribution in [0.2, 0.25) is 0 Å². The van der Waals surface area contributed by atoms with Gasteiger partial charge in [0.05, 0.1) is 14.2 Å². The highest BCUT2D eigenvalue weighted by molar-refractivity contribution is 5.96. The summed E-state index contributed by atoms with van der Waals surface area (Å²) in [6.45, 7) is 2.48. The summed E-state index contributed by atoms with van der Waals surface area (Å²) in [5.41, 5.74) is 2.30. The van der Waals surface area contributed by atoms with Crippen LogP contribution in [-0.4, -0.2) is 26.9 Å². The highest BCUT2D eigenvalue weighted by Gasteiger charge is 2.16. The minimum Gasteiger partial charge on any atom is -0.493 e. The first-order chi connectivity index (χ1) is 11.6. The minimum atomic E-state index is -0.175. The first-order valence-corrected chi connectivity index (χ1v) is 7.51. The number of rotatable bonds is 5. The van der Waals surface area contributed by atoms with Crippen molar-refractivity contribution in [3.63, 3.8) is 0 Å². The number of benzene rings is 2. The van der Waals surface area contributed by atoms with E-state index in [0.717, 1.165) is 16.9 Å². The average Bonchev–Trinajstić information content (AvgIpc) is 3.07. The number of carbonyl (C=O) groups is 1. The first-order valence-electron chi connectivity index (χ1n) is 7.51. The fourth-order valence-electron chi connectivity index (χ4n) is 2.55. The fourth-order valence-corrected chi connectivity index (χ4v) is 2.55. The monoisotopic (exact) mass is 329 g/mol. The molecule has 0 aromatic heterocycles. The van der Waals surface area contributed by atoms with Gasteiger partial charge in [0.15, 0.2) is 23.0 Å². The van der Waals surface area contributed by atoms with Gasteiger partial charge in [-0.15, -0.1) is 0 Å². The molecule has 1 amide bonds. The maximum atomic E-state index is 12.5. The Kier molecular flexibility index (Phi) is 4.46. The van der Waals surface area contributed by atoms with E-state index in [9.17, 15) is 4.79 Å². The third-order valence-electron chi connectivity index (χ3n) is 3.87. The Morgan fingerprint density at radius 3 is 2.54 bits per heavy atom. The summed E-state index contributed by atoms with van der Waals surface area (Å²) in [7, 11) is 3.11. The first kappa shape index (κ1) is 16.0. The molecule has 3 rings (SSSR count). The Hall–Kier alpha value is -2.89. The van der Waals surface area contributed by atoms with Crippen LogP contribution < -0.4 is 24.3 Å². The molecule has 6 heteroatoms. The van der Waals surface area contributed by atoms with Crippen LogP contribution in [-0.2, 0) is 6.54 Å². The van der Waals surface area contributed by atoms with Crippen molar-refractivity contribution >= 4 is 5.91 Å². The van der Waals surface area contributed by atoms with Gasteiger partial charge in [0.1, 0.15) is 0 Å². The Bertz CT molecular complexity index is 772. The smallest absolute Gasteiger partial charge is 0.251 e. The van der Waals surface area contributed by atoms with Gasteiger partial charge in [-0.1, -0.05) is 6.07 Å². The highest BCUT2D eigenvalue weighted by atomic mass is 16.7. The van der Waals surface area contributed by atoms with E-state index in [1.54, 1.807) is 26.4 Å². The number of methoxy groups -OCH3 is 2. The van der Waals surface area contributed by atoms with Crippen LogP contribution in [0.5, 0.6) is 23.0 Å². The molecule has 0 saturated carbocycles. The number of fused-ring (bicyclic) bond motifs is 1. The van der Waals surface area contributed by atoms with Gasteiger partial charge < -0.3 is 24.3 Å². The van der Waals surface area contributed by atoms with Gasteiger partial charge in [0.25, 0.3) is 5.91 Å². The van der Waals surface area contributed by atoms with Crippen LogP contribution in [0.15, 0.2) is 30.3 Å². The molecular weight excluding hydrogens is 310 g/mol. The van der Waals surface area contributed by atoms with Crippen molar-refractivity contribution in [2.75, 3.05) is 21.0 Å². The Balaban J connectivity index is 1.73. The number of amides is 1. The van der Waals surface area contributed by atoms with Crippen molar-refractivity contribution in [1.82, 2.24) is 5.32 Å². The maximum absolute atomic E-state index is 12.5. The summed E-state index contributed by atoms with van der Waals surface area (Å²) < 4.78 is 21.1. The molecule has 1 aliphatic rings. The zero-order valence-corrected chi connectivity index (χ0v) is 13.8. The lowest BCUT2D eigenvalue weighted by molar-refractivity contribution is 0.0950. The van der Waals surface area contributed by atoms with E-state index in [1.165, 1.54) is 0 Å². The molecule has 1 N–H and O–H groups in total. The molecule has 6 nitrogen and oxygen atoms in total. The molecular formula is C18H19NO5. The Labute approximate surface area is 140 Å². The fraction of sp³-hybridized carbons (Fsp3) is 0.278. The number of ether oxygens (including phenoxy) is 4. The molecule has 126 valence electrons. The lowest BCUT2D eigenvalue weighted by Gasteiger charge is -2.13. The summed E-state index contributed by atoms with van der Waals surface area (Å²) in [5, 5.41) is 2.90. The third-order valence-corrected chi connectivity index (χ3v) is 3.87. The normalized spacial score (nSPS) is 12.0. The van der Waals surface area contributed by atoms with Crippen LogP contribution >= 0.6 is 0 Å². The van der Waals surface area contributed by atoms with E-state index < -0.39 is 0 Å². The minimum absolute atomic E-state index is 0.175. The molecule has 24 heavy (non-hydrogen) atoms. The Morgan fingerprint density at radius 2 is 1.79 bits per heavy atom. The standard InChI is InChI=1S/C18H19NO5/c1-11-6-15(21-2)16(22-3)8-13(11)18(20)19-9-12-4-5-14-17(7-12)24-10-23-14/h4-8H,9-10H2,1-3H3,(H,19,20). The van der Waals surface area contributed by atoms with Crippen molar-refractivity contribution in [2.45, 2.75) is 13.5 Å². The molecule has 2 aromatic carbocycles.